The number of aromatic nitrogens is 2. The minimum absolute atomic E-state index is 0.0787. The Balaban J connectivity index is 1.13. The van der Waals surface area contributed by atoms with Gasteiger partial charge in [0.2, 0.25) is 5.91 Å². The number of amides is 1. The Morgan fingerprint density at radius 2 is 1.94 bits per heavy atom. The summed E-state index contributed by atoms with van der Waals surface area (Å²) in [6.45, 7) is 2.54. The smallest absolute Gasteiger partial charge is 0.318 e. The van der Waals surface area contributed by atoms with Crippen LogP contribution in [-0.2, 0) is 27.3 Å². The number of piperazine rings is 1. The summed E-state index contributed by atoms with van der Waals surface area (Å²) < 4.78 is 46.3. The second kappa shape index (κ2) is 15.4. The van der Waals surface area contributed by atoms with Crippen LogP contribution in [0, 0.1) is 29.1 Å². The SMILES string of the molecule is C#Cc1cccc2cccc(C3Cc4nc(OC[C@]5(CO)CC5(F)F)nc(N5CCN(C(=O)/C=C/CN6CCC(OC)CC6)[C@@H](CC#N)C5)c4CO3)c12. The van der Waals surface area contributed by atoms with Gasteiger partial charge in [-0.25, -0.2) is 8.78 Å². The van der Waals surface area contributed by atoms with Gasteiger partial charge in [-0.05, 0) is 29.9 Å². The average Bonchev–Trinajstić information content (AvgIpc) is 3.76. The molecule has 4 heterocycles. The molecular weight excluding hydrogens is 682 g/mol. The van der Waals surface area contributed by atoms with E-state index in [1.165, 1.54) is 0 Å². The van der Waals surface area contributed by atoms with Gasteiger partial charge in [-0.15, -0.1) is 6.42 Å². The molecule has 2 aromatic carbocycles. The molecule has 3 atom stereocenters. The molecule has 1 unspecified atom stereocenters. The number of hydrogen-bond donors (Lipinski definition) is 1. The molecule has 11 nitrogen and oxygen atoms in total. The van der Waals surface area contributed by atoms with Gasteiger partial charge >= 0.3 is 6.01 Å². The van der Waals surface area contributed by atoms with Crippen LogP contribution in [0.2, 0.25) is 0 Å². The van der Waals surface area contributed by atoms with Gasteiger partial charge in [-0.2, -0.15) is 15.2 Å². The van der Waals surface area contributed by atoms with Crippen molar-refractivity contribution in [2.45, 2.75) is 62.9 Å². The number of anilines is 1. The van der Waals surface area contributed by atoms with Crippen LogP contribution in [0.5, 0.6) is 6.01 Å². The molecular formula is C40H44F2N6O5. The Hall–Kier alpha value is -4.66. The maximum Gasteiger partial charge on any atom is 0.318 e. The van der Waals surface area contributed by atoms with Gasteiger partial charge in [0.25, 0.3) is 5.92 Å². The summed E-state index contributed by atoms with van der Waals surface area (Å²) in [5.41, 5.74) is 1.36. The van der Waals surface area contributed by atoms with E-state index in [4.69, 9.17) is 30.6 Å². The summed E-state index contributed by atoms with van der Waals surface area (Å²) >= 11 is 0. The third kappa shape index (κ3) is 7.44. The Labute approximate surface area is 308 Å². The third-order valence-electron chi connectivity index (χ3n) is 11.2. The standard InChI is InChI=1S/C40H44F2N6O5/c1-3-27-7-4-8-28-9-5-10-31(36(27)28)34-21-33-32(23-52-34)37(45-38(44-33)53-26-39(25-49)24-40(39,41)42)47-19-20-48(29(22-47)12-15-43)35(50)11-6-16-46-17-13-30(51-2)14-18-46/h1,4-11,29-30,34,49H,12-14,16-26H2,2H3/b11-6+/t29-,34?,39+/m0/s1. The lowest BCUT2D eigenvalue weighted by molar-refractivity contribution is -0.128. The number of carbonyl (C=O) groups is 1. The molecule has 0 bridgehead atoms. The number of nitriles is 1. The van der Waals surface area contributed by atoms with Gasteiger partial charge in [-0.1, -0.05) is 42.3 Å². The first-order chi connectivity index (χ1) is 25.7. The van der Waals surface area contributed by atoms with Gasteiger partial charge < -0.3 is 29.1 Å². The number of rotatable bonds is 11. The Morgan fingerprint density at radius 3 is 2.64 bits per heavy atom. The van der Waals surface area contributed by atoms with Crippen LogP contribution >= 0.6 is 0 Å². The van der Waals surface area contributed by atoms with Crippen molar-refractivity contribution in [1.82, 2.24) is 19.8 Å². The predicted octanol–water partition coefficient (Wildman–Crippen LogP) is 4.42. The molecule has 1 N–H and O–H groups in total. The van der Waals surface area contributed by atoms with E-state index in [0.29, 0.717) is 44.1 Å². The van der Waals surface area contributed by atoms with Gasteiger partial charge in [-0.3, -0.25) is 9.69 Å². The molecule has 1 saturated carbocycles. The Morgan fingerprint density at radius 1 is 1.17 bits per heavy atom. The number of nitrogens with zero attached hydrogens (tertiary/aromatic N) is 6. The third-order valence-corrected chi connectivity index (χ3v) is 11.2. The first-order valence-corrected chi connectivity index (χ1v) is 18.1. The molecule has 0 spiro atoms. The van der Waals surface area contributed by atoms with Gasteiger partial charge in [0.15, 0.2) is 0 Å². The van der Waals surface area contributed by atoms with E-state index in [9.17, 15) is 23.9 Å². The molecule has 13 heteroatoms. The van der Waals surface area contributed by atoms with E-state index >= 15 is 0 Å². The summed E-state index contributed by atoms with van der Waals surface area (Å²) in [5.74, 6) is 0.101. The molecule has 2 saturated heterocycles. The number of terminal acetylenes is 1. The van der Waals surface area contributed by atoms with Crippen molar-refractivity contribution in [1.29, 1.82) is 5.26 Å². The van der Waals surface area contributed by atoms with Gasteiger partial charge in [0, 0.05) is 81.8 Å². The number of hydrogen-bond acceptors (Lipinski definition) is 10. The number of halogens is 2. The zero-order chi connectivity index (χ0) is 37.2. The highest BCUT2D eigenvalue weighted by Crippen LogP contribution is 2.60. The Bertz CT molecular complexity index is 1950. The van der Waals surface area contributed by atoms with E-state index < -0.39 is 43.1 Å². The predicted molar refractivity (Wildman–Crippen MR) is 193 cm³/mol. The van der Waals surface area contributed by atoms with Crippen LogP contribution < -0.4 is 9.64 Å². The number of aliphatic hydroxyl groups excluding tert-OH is 1. The lowest BCUT2D eigenvalue weighted by Gasteiger charge is -2.42. The van der Waals surface area contributed by atoms with Crippen molar-refractivity contribution in [3.05, 3.63) is 70.9 Å². The lowest BCUT2D eigenvalue weighted by atomic mass is 9.92. The number of methoxy groups -OCH3 is 1. The summed E-state index contributed by atoms with van der Waals surface area (Å²) in [6, 6.07) is 13.5. The number of alkyl halides is 2. The molecule has 1 aliphatic carbocycles. The first kappa shape index (κ1) is 36.7. The quantitative estimate of drug-likeness (QED) is 0.225. The molecule has 3 fully saturated rings. The second-order valence-electron chi connectivity index (χ2n) is 14.4. The maximum atomic E-state index is 14.3. The number of piperidine rings is 1. The molecule has 3 aromatic rings. The average molecular weight is 727 g/mol. The van der Waals surface area contributed by atoms with Crippen LogP contribution in [-0.4, -0.2) is 108 Å². The van der Waals surface area contributed by atoms with Crippen molar-refractivity contribution >= 4 is 22.5 Å². The highest BCUT2D eigenvalue weighted by molar-refractivity contribution is 5.91. The van der Waals surface area contributed by atoms with Crippen LogP contribution in [0.1, 0.15) is 54.2 Å². The molecule has 3 aliphatic heterocycles. The molecule has 7 rings (SSSR count). The minimum Gasteiger partial charge on any atom is -0.462 e. The number of ether oxygens (including phenoxy) is 3. The van der Waals surface area contributed by atoms with Crippen LogP contribution in [0.4, 0.5) is 14.6 Å². The summed E-state index contributed by atoms with van der Waals surface area (Å²) in [5, 5.41) is 21.5. The maximum absolute atomic E-state index is 14.3. The number of carbonyl (C=O) groups excluding carboxylic acids is 1. The van der Waals surface area contributed by atoms with Crippen LogP contribution in [0.3, 0.4) is 0 Å². The Kier molecular flexibility index (Phi) is 10.6. The van der Waals surface area contributed by atoms with Crippen molar-refractivity contribution in [3.8, 4) is 24.4 Å². The molecule has 0 radical (unpaired) electrons. The van der Waals surface area contributed by atoms with E-state index in [1.54, 1.807) is 18.1 Å². The molecule has 4 aliphatic rings. The zero-order valence-corrected chi connectivity index (χ0v) is 29.8. The minimum atomic E-state index is -3.04. The fraction of sp³-hybridized carbons (Fsp3) is 0.500. The number of fused-ring (bicyclic) bond motifs is 2. The summed E-state index contributed by atoms with van der Waals surface area (Å²) in [4.78, 5) is 28.9. The van der Waals surface area contributed by atoms with E-state index in [1.807, 2.05) is 47.4 Å². The van der Waals surface area contributed by atoms with Crippen molar-refractivity contribution in [2.75, 3.05) is 64.5 Å². The second-order valence-corrected chi connectivity index (χ2v) is 14.4. The highest BCUT2D eigenvalue weighted by Gasteiger charge is 2.71. The largest absolute Gasteiger partial charge is 0.462 e. The van der Waals surface area contributed by atoms with E-state index in [0.717, 1.165) is 53.4 Å². The molecule has 1 amide bonds. The van der Waals surface area contributed by atoms with Crippen molar-refractivity contribution in [3.63, 3.8) is 0 Å². The van der Waals surface area contributed by atoms with E-state index in [-0.39, 0.29) is 31.0 Å². The van der Waals surface area contributed by atoms with Crippen molar-refractivity contribution < 1.29 is 32.9 Å². The number of aliphatic hydroxyl groups is 1. The zero-order valence-electron chi connectivity index (χ0n) is 29.8. The summed E-state index contributed by atoms with van der Waals surface area (Å²) in [7, 11) is 1.74. The van der Waals surface area contributed by atoms with Crippen molar-refractivity contribution in [2.24, 2.45) is 5.41 Å². The lowest BCUT2D eigenvalue weighted by Crippen LogP contribution is -2.55. The van der Waals surface area contributed by atoms with E-state index in [2.05, 4.69) is 16.9 Å². The molecule has 1 aromatic heterocycles. The number of likely N-dealkylation sites (tertiary alicyclic amines) is 1. The van der Waals surface area contributed by atoms with Gasteiger partial charge in [0.1, 0.15) is 12.4 Å². The highest BCUT2D eigenvalue weighted by atomic mass is 19.3. The molecule has 53 heavy (non-hydrogen) atoms. The molecule has 278 valence electrons. The topological polar surface area (TPSA) is 124 Å². The first-order valence-electron chi connectivity index (χ1n) is 18.1. The monoisotopic (exact) mass is 726 g/mol. The fourth-order valence-corrected chi connectivity index (χ4v) is 7.82. The summed E-state index contributed by atoms with van der Waals surface area (Å²) in [6.07, 6.45) is 11.1. The van der Waals surface area contributed by atoms with Gasteiger partial charge in [0.05, 0.1) is 55.1 Å². The normalized spacial score (nSPS) is 24.5. The van der Waals surface area contributed by atoms with Crippen LogP contribution in [0.15, 0.2) is 48.6 Å². The van der Waals surface area contributed by atoms with Crippen LogP contribution in [0.25, 0.3) is 10.8 Å². The number of benzene rings is 2. The fourth-order valence-electron chi connectivity index (χ4n) is 7.82.